The van der Waals surface area contributed by atoms with E-state index in [-0.39, 0.29) is 5.41 Å². The predicted octanol–water partition coefficient (Wildman–Crippen LogP) is 4.44. The number of hydrogen-bond donors (Lipinski definition) is 0. The van der Waals surface area contributed by atoms with Crippen LogP contribution in [0.15, 0.2) is 28.7 Å². The Morgan fingerprint density at radius 1 is 1.08 bits per heavy atom. The van der Waals surface area contributed by atoms with E-state index < -0.39 is 0 Å². The van der Waals surface area contributed by atoms with Crippen LogP contribution in [-0.4, -0.2) is 0 Å². The molecule has 0 saturated carbocycles. The molecule has 0 bridgehead atoms. The monoisotopic (exact) mass is 239 g/mol. The fraction of sp³-hybridized carbons (Fsp3) is 0.417. The second-order valence-electron chi connectivity index (χ2n) is 4.38. The lowest BCUT2D eigenvalue weighted by Gasteiger charge is -2.26. The molecule has 0 atom stereocenters. The highest BCUT2D eigenvalue weighted by atomic mass is 79.9. The molecular formula is C12H16Br. The second kappa shape index (κ2) is 3.83. The normalized spacial score (nSPS) is 12.2. The Hall–Kier alpha value is -0.300. The van der Waals surface area contributed by atoms with Crippen molar-refractivity contribution in [1.29, 1.82) is 0 Å². The zero-order valence-electron chi connectivity index (χ0n) is 8.69. The first kappa shape index (κ1) is 10.8. The number of rotatable bonds is 1. The van der Waals surface area contributed by atoms with Crippen LogP contribution in [0.1, 0.15) is 33.3 Å². The molecule has 0 nitrogen and oxygen atoms in total. The maximum atomic E-state index is 3.44. The molecule has 71 valence electrons. The minimum Gasteiger partial charge on any atom is -0.0593 e. The van der Waals surface area contributed by atoms with Gasteiger partial charge in [0.1, 0.15) is 0 Å². The first-order chi connectivity index (χ1) is 5.91. The van der Waals surface area contributed by atoms with Gasteiger partial charge in [0.15, 0.2) is 0 Å². The molecular weight excluding hydrogens is 224 g/mol. The maximum absolute atomic E-state index is 3.44. The number of benzene rings is 1. The third-order valence-corrected chi connectivity index (χ3v) is 2.93. The Morgan fingerprint density at radius 3 is 1.92 bits per heavy atom. The van der Waals surface area contributed by atoms with Crippen LogP contribution >= 0.6 is 15.9 Å². The molecule has 1 heteroatoms. The summed E-state index contributed by atoms with van der Waals surface area (Å²) < 4.78 is 1.14. The molecule has 0 aliphatic rings. The van der Waals surface area contributed by atoms with Crippen LogP contribution in [0.4, 0.5) is 0 Å². The molecule has 0 spiro atoms. The van der Waals surface area contributed by atoms with Crippen molar-refractivity contribution in [3.63, 3.8) is 0 Å². The van der Waals surface area contributed by atoms with Gasteiger partial charge in [-0.1, -0.05) is 55.8 Å². The zero-order chi connectivity index (χ0) is 10.1. The van der Waals surface area contributed by atoms with E-state index in [1.807, 2.05) is 0 Å². The van der Waals surface area contributed by atoms with E-state index in [9.17, 15) is 0 Å². The van der Waals surface area contributed by atoms with Crippen molar-refractivity contribution >= 4 is 15.9 Å². The largest absolute Gasteiger partial charge is 0.0593 e. The number of halogens is 1. The smallest absolute Gasteiger partial charge is 0.0175 e. The summed E-state index contributed by atoms with van der Waals surface area (Å²) in [5, 5.41) is 0. The van der Waals surface area contributed by atoms with Crippen molar-refractivity contribution in [3.8, 4) is 0 Å². The van der Waals surface area contributed by atoms with Crippen LogP contribution in [0.25, 0.3) is 0 Å². The standard InChI is InChI=1S/C12H16Br/c1-9(12(2,3)4)10-5-7-11(13)8-6-10/h5-8H,1-4H3. The van der Waals surface area contributed by atoms with Crippen LogP contribution in [0.5, 0.6) is 0 Å². The van der Waals surface area contributed by atoms with Gasteiger partial charge < -0.3 is 0 Å². The molecule has 0 N–H and O–H groups in total. The van der Waals surface area contributed by atoms with Gasteiger partial charge in [-0.05, 0) is 23.1 Å². The third kappa shape index (κ3) is 2.84. The Bertz CT molecular complexity index is 266. The SMILES string of the molecule is C[C](c1ccc(Br)cc1)C(C)(C)C. The lowest BCUT2D eigenvalue weighted by atomic mass is 9.78. The summed E-state index contributed by atoms with van der Waals surface area (Å²) >= 11 is 3.44. The lowest BCUT2D eigenvalue weighted by molar-refractivity contribution is 0.451. The van der Waals surface area contributed by atoms with Crippen LogP contribution in [-0.2, 0) is 0 Å². The van der Waals surface area contributed by atoms with Gasteiger partial charge in [-0.3, -0.25) is 0 Å². The minimum absolute atomic E-state index is 0.258. The molecule has 0 saturated heterocycles. The van der Waals surface area contributed by atoms with Gasteiger partial charge in [0.25, 0.3) is 0 Å². The van der Waals surface area contributed by atoms with Crippen molar-refractivity contribution in [2.45, 2.75) is 27.7 Å². The fourth-order valence-electron chi connectivity index (χ4n) is 1.13. The van der Waals surface area contributed by atoms with Gasteiger partial charge >= 0.3 is 0 Å². The first-order valence-corrected chi connectivity index (χ1v) is 5.30. The highest BCUT2D eigenvalue weighted by molar-refractivity contribution is 9.10. The summed E-state index contributed by atoms with van der Waals surface area (Å²) in [7, 11) is 0. The quantitative estimate of drug-likeness (QED) is 0.680. The summed E-state index contributed by atoms with van der Waals surface area (Å²) in [6.07, 6.45) is 0. The van der Waals surface area contributed by atoms with E-state index in [2.05, 4.69) is 67.9 Å². The first-order valence-electron chi connectivity index (χ1n) is 4.51. The molecule has 1 aromatic rings. The molecule has 0 heterocycles. The van der Waals surface area contributed by atoms with E-state index in [0.29, 0.717) is 0 Å². The molecule has 0 aliphatic heterocycles. The Kier molecular flexibility index (Phi) is 3.18. The van der Waals surface area contributed by atoms with Gasteiger partial charge in [0, 0.05) is 10.4 Å². The Balaban J connectivity index is 2.90. The van der Waals surface area contributed by atoms with Crippen LogP contribution in [0, 0.1) is 11.3 Å². The van der Waals surface area contributed by atoms with Crippen LogP contribution in [0.3, 0.4) is 0 Å². The highest BCUT2D eigenvalue weighted by Crippen LogP contribution is 2.33. The Labute approximate surface area is 89.5 Å². The van der Waals surface area contributed by atoms with Crippen molar-refractivity contribution in [2.75, 3.05) is 0 Å². The topological polar surface area (TPSA) is 0 Å². The van der Waals surface area contributed by atoms with Crippen molar-refractivity contribution < 1.29 is 0 Å². The average molecular weight is 240 g/mol. The molecule has 0 unspecified atom stereocenters. The fourth-order valence-corrected chi connectivity index (χ4v) is 1.40. The maximum Gasteiger partial charge on any atom is 0.0175 e. The minimum atomic E-state index is 0.258. The second-order valence-corrected chi connectivity index (χ2v) is 5.30. The van der Waals surface area contributed by atoms with Gasteiger partial charge in [0.2, 0.25) is 0 Å². The van der Waals surface area contributed by atoms with Crippen molar-refractivity contribution in [1.82, 2.24) is 0 Å². The molecule has 1 rings (SSSR count). The summed E-state index contributed by atoms with van der Waals surface area (Å²) in [4.78, 5) is 0. The lowest BCUT2D eigenvalue weighted by Crippen LogP contribution is -2.15. The third-order valence-electron chi connectivity index (χ3n) is 2.40. The van der Waals surface area contributed by atoms with Gasteiger partial charge in [-0.25, -0.2) is 0 Å². The molecule has 0 fully saturated rings. The van der Waals surface area contributed by atoms with Gasteiger partial charge in [-0.2, -0.15) is 0 Å². The molecule has 0 amide bonds. The van der Waals surface area contributed by atoms with E-state index in [1.165, 1.54) is 11.5 Å². The summed E-state index contributed by atoms with van der Waals surface area (Å²) in [6, 6.07) is 8.49. The summed E-state index contributed by atoms with van der Waals surface area (Å²) in [5.41, 5.74) is 1.59. The highest BCUT2D eigenvalue weighted by Gasteiger charge is 2.21. The van der Waals surface area contributed by atoms with E-state index in [0.717, 1.165) is 4.47 Å². The number of hydrogen-bond acceptors (Lipinski definition) is 0. The van der Waals surface area contributed by atoms with Crippen LogP contribution < -0.4 is 0 Å². The summed E-state index contributed by atoms with van der Waals surface area (Å²) in [6.45, 7) is 8.92. The van der Waals surface area contributed by atoms with E-state index in [4.69, 9.17) is 0 Å². The van der Waals surface area contributed by atoms with Crippen molar-refractivity contribution in [2.24, 2.45) is 5.41 Å². The molecule has 1 aromatic carbocycles. The average Bonchev–Trinajstić information content (AvgIpc) is 2.03. The Morgan fingerprint density at radius 2 is 1.54 bits per heavy atom. The predicted molar refractivity (Wildman–Crippen MR) is 61.6 cm³/mol. The van der Waals surface area contributed by atoms with Gasteiger partial charge in [-0.15, -0.1) is 0 Å². The van der Waals surface area contributed by atoms with Gasteiger partial charge in [0.05, 0.1) is 0 Å². The van der Waals surface area contributed by atoms with E-state index >= 15 is 0 Å². The van der Waals surface area contributed by atoms with E-state index in [1.54, 1.807) is 0 Å². The molecule has 0 aliphatic carbocycles. The van der Waals surface area contributed by atoms with Crippen molar-refractivity contribution in [3.05, 3.63) is 40.2 Å². The summed E-state index contributed by atoms with van der Waals surface area (Å²) in [5.74, 6) is 1.43. The zero-order valence-corrected chi connectivity index (χ0v) is 10.3. The molecule has 0 aromatic heterocycles. The molecule has 13 heavy (non-hydrogen) atoms. The molecule has 1 radical (unpaired) electrons. The van der Waals surface area contributed by atoms with Crippen LogP contribution in [0.2, 0.25) is 0 Å².